The first-order valence-corrected chi connectivity index (χ1v) is 7.71. The topological polar surface area (TPSA) is 58.2 Å². The summed E-state index contributed by atoms with van der Waals surface area (Å²) >= 11 is 0. The fraction of sp³-hybridized carbons (Fsp3) is 0.500. The molecule has 146 valence electrons. The molecule has 0 aliphatic rings. The average molecular weight is 384 g/mol. The van der Waals surface area contributed by atoms with Gasteiger partial charge in [-0.15, -0.1) is 0 Å². The van der Waals surface area contributed by atoms with Crippen molar-refractivity contribution in [2.45, 2.75) is 45.1 Å². The molecule has 0 spiro atoms. The van der Waals surface area contributed by atoms with Crippen molar-refractivity contribution < 1.29 is 35.9 Å². The molecule has 0 saturated carbocycles. The third kappa shape index (κ3) is 6.57. The average Bonchev–Trinajstić information content (AvgIpc) is 2.52. The summed E-state index contributed by atoms with van der Waals surface area (Å²) in [6.07, 6.45) is -9.54. The van der Waals surface area contributed by atoms with Gasteiger partial charge in [-0.2, -0.15) is 26.3 Å². The lowest BCUT2D eigenvalue weighted by molar-refractivity contribution is -0.143. The van der Waals surface area contributed by atoms with Crippen LogP contribution in [0, 0.1) is 0 Å². The number of hydrogen-bond acceptors (Lipinski definition) is 2. The van der Waals surface area contributed by atoms with Crippen LogP contribution in [-0.4, -0.2) is 24.4 Å². The highest BCUT2D eigenvalue weighted by Crippen LogP contribution is 2.36. The van der Waals surface area contributed by atoms with Gasteiger partial charge in [0.1, 0.15) is 0 Å². The maximum absolute atomic E-state index is 12.8. The van der Waals surface area contributed by atoms with Crippen LogP contribution in [-0.2, 0) is 17.1 Å². The van der Waals surface area contributed by atoms with Crippen molar-refractivity contribution in [2.75, 3.05) is 6.54 Å². The fourth-order valence-corrected chi connectivity index (χ4v) is 1.93. The second-order valence-electron chi connectivity index (χ2n) is 5.68. The third-order valence-electron chi connectivity index (χ3n) is 3.51. The van der Waals surface area contributed by atoms with E-state index in [0.29, 0.717) is 18.6 Å². The van der Waals surface area contributed by atoms with E-state index in [2.05, 4.69) is 10.6 Å². The van der Waals surface area contributed by atoms with Gasteiger partial charge < -0.3 is 10.6 Å². The van der Waals surface area contributed by atoms with Crippen LogP contribution < -0.4 is 10.6 Å². The molecule has 10 heteroatoms. The van der Waals surface area contributed by atoms with Gasteiger partial charge in [-0.1, -0.05) is 6.92 Å². The first-order chi connectivity index (χ1) is 11.8. The molecule has 1 aromatic carbocycles. The molecule has 0 bridgehead atoms. The molecule has 0 aliphatic carbocycles. The number of carbonyl (C=O) groups excluding carboxylic acids is 2. The number of amides is 2. The van der Waals surface area contributed by atoms with Gasteiger partial charge in [-0.3, -0.25) is 9.59 Å². The van der Waals surface area contributed by atoms with Crippen LogP contribution in [0.15, 0.2) is 18.2 Å². The van der Waals surface area contributed by atoms with Gasteiger partial charge in [0.2, 0.25) is 5.91 Å². The number of rotatable bonds is 6. The van der Waals surface area contributed by atoms with Crippen molar-refractivity contribution >= 4 is 11.8 Å². The summed E-state index contributed by atoms with van der Waals surface area (Å²) in [6, 6.07) is 0.528. The zero-order chi connectivity index (χ0) is 20.1. The van der Waals surface area contributed by atoms with Crippen LogP contribution in [0.2, 0.25) is 0 Å². The Hall–Kier alpha value is -2.26. The van der Waals surface area contributed by atoms with E-state index < -0.39 is 35.0 Å². The Morgan fingerprint density at radius 1 is 1.00 bits per heavy atom. The molecule has 1 unspecified atom stereocenters. The number of benzene rings is 1. The SMILES string of the molecule is CCC(C)NC(=O)CCNC(=O)c1cc(C(F)(F)F)cc(C(F)(F)F)c1. The molecule has 0 aromatic heterocycles. The van der Waals surface area contributed by atoms with E-state index in [1.54, 1.807) is 6.92 Å². The second-order valence-corrected chi connectivity index (χ2v) is 5.68. The molecule has 0 saturated heterocycles. The second kappa shape index (κ2) is 8.41. The summed E-state index contributed by atoms with van der Waals surface area (Å²) < 4.78 is 76.6. The zero-order valence-corrected chi connectivity index (χ0v) is 14.0. The molecular formula is C16H18F6N2O2. The minimum absolute atomic E-state index is 0.0592. The molecule has 0 heterocycles. The van der Waals surface area contributed by atoms with Crippen molar-refractivity contribution in [2.24, 2.45) is 0 Å². The monoisotopic (exact) mass is 384 g/mol. The molecule has 2 N–H and O–H groups in total. The number of carbonyl (C=O) groups is 2. The van der Waals surface area contributed by atoms with E-state index in [9.17, 15) is 35.9 Å². The van der Waals surface area contributed by atoms with Crippen molar-refractivity contribution in [3.05, 3.63) is 34.9 Å². The van der Waals surface area contributed by atoms with Crippen LogP contribution >= 0.6 is 0 Å². The summed E-state index contributed by atoms with van der Waals surface area (Å²) in [5.41, 5.74) is -3.94. The smallest absolute Gasteiger partial charge is 0.354 e. The predicted octanol–water partition coefficient (Wildman–Crippen LogP) is 3.76. The minimum atomic E-state index is -5.04. The first kappa shape index (κ1) is 21.8. The number of halogens is 6. The Labute approximate surface area is 145 Å². The number of nitrogens with one attached hydrogen (secondary N) is 2. The van der Waals surface area contributed by atoms with Crippen molar-refractivity contribution in [3.8, 4) is 0 Å². The van der Waals surface area contributed by atoms with Crippen molar-refractivity contribution in [1.82, 2.24) is 10.6 Å². The third-order valence-corrected chi connectivity index (χ3v) is 3.51. The van der Waals surface area contributed by atoms with Gasteiger partial charge in [-0.05, 0) is 31.5 Å². The van der Waals surface area contributed by atoms with E-state index in [1.807, 2.05) is 6.92 Å². The maximum Gasteiger partial charge on any atom is 0.416 e. The molecule has 0 aliphatic heterocycles. The Morgan fingerprint density at radius 2 is 1.50 bits per heavy atom. The fourth-order valence-electron chi connectivity index (χ4n) is 1.93. The summed E-state index contributed by atoms with van der Waals surface area (Å²) in [4.78, 5) is 23.4. The Bertz CT molecular complexity index is 623. The lowest BCUT2D eigenvalue weighted by Crippen LogP contribution is -2.35. The lowest BCUT2D eigenvalue weighted by atomic mass is 10.0. The minimum Gasteiger partial charge on any atom is -0.354 e. The quantitative estimate of drug-likeness (QED) is 0.734. The molecular weight excluding hydrogens is 366 g/mol. The number of hydrogen-bond donors (Lipinski definition) is 2. The largest absolute Gasteiger partial charge is 0.416 e. The molecule has 26 heavy (non-hydrogen) atoms. The molecule has 1 rings (SSSR count). The van der Waals surface area contributed by atoms with E-state index in [1.165, 1.54) is 0 Å². The van der Waals surface area contributed by atoms with Crippen molar-refractivity contribution in [3.63, 3.8) is 0 Å². The maximum atomic E-state index is 12.8. The van der Waals surface area contributed by atoms with Gasteiger partial charge in [0, 0.05) is 24.6 Å². The summed E-state index contributed by atoms with van der Waals surface area (Å²) in [6.45, 7) is 3.38. The Kier molecular flexibility index (Phi) is 7.05. The van der Waals surface area contributed by atoms with Crippen LogP contribution in [0.3, 0.4) is 0 Å². The normalized spacial score (nSPS) is 13.2. The summed E-state index contributed by atoms with van der Waals surface area (Å²) in [7, 11) is 0. The molecule has 2 amide bonds. The van der Waals surface area contributed by atoms with Gasteiger partial charge in [-0.25, -0.2) is 0 Å². The van der Waals surface area contributed by atoms with E-state index in [4.69, 9.17) is 0 Å². The van der Waals surface area contributed by atoms with Gasteiger partial charge in [0.15, 0.2) is 0 Å². The van der Waals surface area contributed by atoms with Crippen LogP contribution in [0.5, 0.6) is 0 Å². The van der Waals surface area contributed by atoms with Crippen LogP contribution in [0.1, 0.15) is 48.2 Å². The highest BCUT2D eigenvalue weighted by Gasteiger charge is 2.37. The molecule has 1 aromatic rings. The standard InChI is InChI=1S/C16H18F6N2O2/c1-3-9(2)24-13(25)4-5-23-14(26)10-6-11(15(17,18)19)8-12(7-10)16(20,21)22/h6-9H,3-5H2,1-2H3,(H,23,26)(H,24,25). The zero-order valence-electron chi connectivity index (χ0n) is 14.0. The van der Waals surface area contributed by atoms with E-state index >= 15 is 0 Å². The Balaban J connectivity index is 2.87. The van der Waals surface area contributed by atoms with E-state index in [0.717, 1.165) is 0 Å². The molecule has 1 atom stereocenters. The molecule has 4 nitrogen and oxygen atoms in total. The van der Waals surface area contributed by atoms with Gasteiger partial charge in [0.25, 0.3) is 5.91 Å². The Morgan fingerprint density at radius 3 is 1.92 bits per heavy atom. The lowest BCUT2D eigenvalue weighted by Gasteiger charge is -2.14. The van der Waals surface area contributed by atoms with Crippen LogP contribution in [0.4, 0.5) is 26.3 Å². The van der Waals surface area contributed by atoms with Gasteiger partial charge >= 0.3 is 12.4 Å². The summed E-state index contributed by atoms with van der Waals surface area (Å²) in [5.74, 6) is -1.52. The summed E-state index contributed by atoms with van der Waals surface area (Å²) in [5, 5.41) is 4.76. The molecule has 0 radical (unpaired) electrons. The van der Waals surface area contributed by atoms with Crippen LogP contribution in [0.25, 0.3) is 0 Å². The van der Waals surface area contributed by atoms with Crippen molar-refractivity contribution in [1.29, 1.82) is 0 Å². The van der Waals surface area contributed by atoms with E-state index in [-0.39, 0.29) is 31.0 Å². The molecule has 0 fully saturated rings. The predicted molar refractivity (Wildman–Crippen MR) is 81.3 cm³/mol. The highest BCUT2D eigenvalue weighted by atomic mass is 19.4. The number of alkyl halides is 6. The highest BCUT2D eigenvalue weighted by molar-refractivity contribution is 5.95. The van der Waals surface area contributed by atoms with Gasteiger partial charge in [0.05, 0.1) is 11.1 Å². The first-order valence-electron chi connectivity index (χ1n) is 7.71.